The second kappa shape index (κ2) is 7.58. The molecular formula is C23H22FNO3. The fraction of sp³-hybridized carbons (Fsp3) is 0.304. The van der Waals surface area contributed by atoms with Crippen LogP contribution in [0.1, 0.15) is 47.4 Å². The Kier molecular flexibility index (Phi) is 4.99. The molecule has 1 aliphatic carbocycles. The van der Waals surface area contributed by atoms with Crippen molar-refractivity contribution in [1.29, 1.82) is 0 Å². The maximum absolute atomic E-state index is 13.7. The largest absolute Gasteiger partial charge is 0.465 e. The zero-order valence-electron chi connectivity index (χ0n) is 16.0. The van der Waals surface area contributed by atoms with Crippen molar-refractivity contribution < 1.29 is 18.3 Å². The minimum atomic E-state index is -0.373. The van der Waals surface area contributed by atoms with E-state index in [9.17, 15) is 9.18 Å². The summed E-state index contributed by atoms with van der Waals surface area (Å²) in [5.41, 5.74) is 3.71. The Hall–Kier alpha value is -2.95. The summed E-state index contributed by atoms with van der Waals surface area (Å²) in [6, 6.07) is 11.6. The van der Waals surface area contributed by atoms with Crippen molar-refractivity contribution in [3.63, 3.8) is 0 Å². The van der Waals surface area contributed by atoms with Gasteiger partial charge in [-0.2, -0.15) is 0 Å². The molecule has 4 rings (SSSR count). The lowest BCUT2D eigenvalue weighted by molar-refractivity contribution is 0.0601. The van der Waals surface area contributed by atoms with Crippen LogP contribution in [0.25, 0.3) is 11.0 Å². The minimum absolute atomic E-state index is 0.277. The number of fused-ring (bicyclic) bond motifs is 1. The molecule has 0 saturated heterocycles. The highest BCUT2D eigenvalue weighted by molar-refractivity contribution is 6.06. The predicted molar refractivity (Wildman–Crippen MR) is 107 cm³/mol. The molecule has 4 nitrogen and oxygen atoms in total. The predicted octanol–water partition coefficient (Wildman–Crippen LogP) is 5.98. The molecular weight excluding hydrogens is 357 g/mol. The minimum Gasteiger partial charge on any atom is -0.465 e. The number of carbonyl (C=O) groups excluding carboxylic acids is 1. The van der Waals surface area contributed by atoms with E-state index in [0.717, 1.165) is 41.0 Å². The van der Waals surface area contributed by atoms with Crippen molar-refractivity contribution in [2.75, 3.05) is 7.11 Å². The van der Waals surface area contributed by atoms with Crippen LogP contribution in [-0.4, -0.2) is 18.8 Å². The number of halogens is 1. The van der Waals surface area contributed by atoms with Crippen molar-refractivity contribution in [2.24, 2.45) is 10.9 Å². The number of furan rings is 1. The molecule has 1 saturated carbocycles. The van der Waals surface area contributed by atoms with E-state index < -0.39 is 0 Å². The van der Waals surface area contributed by atoms with Crippen LogP contribution in [0.15, 0.2) is 51.9 Å². The Bertz CT molecular complexity index is 1040. The van der Waals surface area contributed by atoms with Crippen molar-refractivity contribution in [3.8, 4) is 0 Å². The van der Waals surface area contributed by atoms with Crippen LogP contribution >= 0.6 is 0 Å². The molecule has 0 spiro atoms. The average Bonchev–Trinajstić information content (AvgIpc) is 3.35. The van der Waals surface area contributed by atoms with E-state index >= 15 is 0 Å². The fourth-order valence-electron chi connectivity index (χ4n) is 3.89. The molecule has 0 amide bonds. The van der Waals surface area contributed by atoms with Crippen molar-refractivity contribution >= 4 is 28.3 Å². The SMILES string of the molecule is COC(=O)c1ccc(/N=C(/c2oc3ccc(F)cc3c2C)C2CCCC2)cc1. The summed E-state index contributed by atoms with van der Waals surface area (Å²) in [7, 11) is 1.36. The molecule has 0 aliphatic heterocycles. The summed E-state index contributed by atoms with van der Waals surface area (Å²) < 4.78 is 24.6. The zero-order chi connectivity index (χ0) is 19.7. The molecule has 1 heterocycles. The van der Waals surface area contributed by atoms with Gasteiger partial charge in [0.25, 0.3) is 0 Å². The van der Waals surface area contributed by atoms with E-state index in [0.29, 0.717) is 17.1 Å². The molecule has 1 aromatic heterocycles. The normalized spacial score (nSPS) is 15.3. The Morgan fingerprint density at radius 2 is 1.86 bits per heavy atom. The van der Waals surface area contributed by atoms with E-state index in [4.69, 9.17) is 14.1 Å². The number of nitrogens with zero attached hydrogens (tertiary/aromatic N) is 1. The van der Waals surface area contributed by atoms with E-state index in [-0.39, 0.29) is 11.8 Å². The average molecular weight is 379 g/mol. The number of hydrogen-bond donors (Lipinski definition) is 0. The van der Waals surface area contributed by atoms with Gasteiger partial charge in [-0.1, -0.05) is 12.8 Å². The van der Waals surface area contributed by atoms with E-state index in [1.807, 2.05) is 6.92 Å². The van der Waals surface area contributed by atoms with Gasteiger partial charge in [0.15, 0.2) is 5.76 Å². The number of aliphatic imine (C=N–C) groups is 1. The number of ether oxygens (including phenoxy) is 1. The Labute approximate surface area is 163 Å². The van der Waals surface area contributed by atoms with E-state index in [2.05, 4.69) is 0 Å². The Morgan fingerprint density at radius 3 is 2.54 bits per heavy atom. The van der Waals surface area contributed by atoms with Crippen LogP contribution in [0.2, 0.25) is 0 Å². The van der Waals surface area contributed by atoms with Gasteiger partial charge in [-0.15, -0.1) is 0 Å². The monoisotopic (exact) mass is 379 g/mol. The maximum atomic E-state index is 13.7. The summed E-state index contributed by atoms with van der Waals surface area (Å²) in [5.74, 6) is 0.386. The number of aryl methyl sites for hydroxylation is 1. The quantitative estimate of drug-likeness (QED) is 0.414. The van der Waals surface area contributed by atoms with Gasteiger partial charge in [0.05, 0.1) is 24.1 Å². The third-order valence-electron chi connectivity index (χ3n) is 5.41. The third kappa shape index (κ3) is 3.44. The summed E-state index contributed by atoms with van der Waals surface area (Å²) >= 11 is 0. The number of carbonyl (C=O) groups is 1. The highest BCUT2D eigenvalue weighted by Crippen LogP contribution is 2.35. The second-order valence-electron chi connectivity index (χ2n) is 7.21. The van der Waals surface area contributed by atoms with Crippen molar-refractivity contribution in [2.45, 2.75) is 32.6 Å². The third-order valence-corrected chi connectivity index (χ3v) is 5.41. The van der Waals surface area contributed by atoms with Crippen LogP contribution in [0.5, 0.6) is 0 Å². The van der Waals surface area contributed by atoms with E-state index in [1.165, 1.54) is 32.1 Å². The molecule has 3 aromatic rings. The molecule has 1 fully saturated rings. The van der Waals surface area contributed by atoms with E-state index in [1.54, 1.807) is 30.3 Å². The lowest BCUT2D eigenvalue weighted by Gasteiger charge is -2.12. The summed E-state index contributed by atoms with van der Waals surface area (Å²) in [6.45, 7) is 1.95. The first kappa shape index (κ1) is 18.4. The van der Waals surface area contributed by atoms with Crippen LogP contribution < -0.4 is 0 Å². The lowest BCUT2D eigenvalue weighted by Crippen LogP contribution is -2.12. The highest BCUT2D eigenvalue weighted by atomic mass is 19.1. The fourth-order valence-corrected chi connectivity index (χ4v) is 3.89. The summed E-state index contributed by atoms with van der Waals surface area (Å²) in [6.07, 6.45) is 4.45. The van der Waals surface area contributed by atoms with Gasteiger partial charge in [-0.05, 0) is 62.2 Å². The first-order valence-electron chi connectivity index (χ1n) is 9.53. The molecule has 28 heavy (non-hydrogen) atoms. The van der Waals surface area contributed by atoms with Crippen molar-refractivity contribution in [1.82, 2.24) is 0 Å². The molecule has 0 atom stereocenters. The smallest absolute Gasteiger partial charge is 0.337 e. The summed E-state index contributed by atoms with van der Waals surface area (Å²) in [5, 5.41) is 0.779. The Morgan fingerprint density at radius 1 is 1.14 bits per heavy atom. The number of rotatable bonds is 4. The van der Waals surface area contributed by atoms with Gasteiger partial charge >= 0.3 is 5.97 Å². The van der Waals surface area contributed by atoms with Gasteiger partial charge in [0, 0.05) is 16.9 Å². The van der Waals surface area contributed by atoms with Crippen LogP contribution in [0.3, 0.4) is 0 Å². The second-order valence-corrected chi connectivity index (χ2v) is 7.21. The molecule has 0 radical (unpaired) electrons. The van der Waals surface area contributed by atoms with Gasteiger partial charge in [-0.3, -0.25) is 0 Å². The first-order valence-corrected chi connectivity index (χ1v) is 9.53. The number of hydrogen-bond acceptors (Lipinski definition) is 4. The molecule has 1 aliphatic rings. The summed E-state index contributed by atoms with van der Waals surface area (Å²) in [4.78, 5) is 16.5. The standard InChI is InChI=1S/C23H22FNO3/c1-14-19-13-17(24)9-12-20(19)28-22(14)21(15-5-3-4-6-15)25-18-10-7-16(8-11-18)23(26)27-2/h7-13,15H,3-6H2,1-2H3/b25-21+. The molecule has 0 bridgehead atoms. The van der Waals surface area contributed by atoms with Crippen LogP contribution in [0.4, 0.5) is 10.1 Å². The topological polar surface area (TPSA) is 51.8 Å². The lowest BCUT2D eigenvalue weighted by atomic mass is 9.96. The molecule has 144 valence electrons. The number of methoxy groups -OCH3 is 1. The molecule has 2 aromatic carbocycles. The first-order chi connectivity index (χ1) is 13.6. The van der Waals surface area contributed by atoms with Crippen LogP contribution in [-0.2, 0) is 4.74 Å². The van der Waals surface area contributed by atoms with Gasteiger partial charge in [-0.25, -0.2) is 14.2 Å². The van der Waals surface area contributed by atoms with Crippen molar-refractivity contribution in [3.05, 3.63) is 65.2 Å². The zero-order valence-corrected chi connectivity index (χ0v) is 16.0. The van der Waals surface area contributed by atoms with Gasteiger partial charge in [0.1, 0.15) is 11.4 Å². The van der Waals surface area contributed by atoms with Gasteiger partial charge in [0.2, 0.25) is 0 Å². The highest BCUT2D eigenvalue weighted by Gasteiger charge is 2.27. The molecule has 5 heteroatoms. The number of esters is 1. The maximum Gasteiger partial charge on any atom is 0.337 e. The van der Waals surface area contributed by atoms with Gasteiger partial charge < -0.3 is 9.15 Å². The van der Waals surface area contributed by atoms with Crippen LogP contribution in [0, 0.1) is 18.7 Å². The molecule has 0 N–H and O–H groups in total. The molecule has 0 unspecified atom stereocenters. The number of benzene rings is 2. The Balaban J connectivity index is 1.79.